The third kappa shape index (κ3) is 2.62. The summed E-state index contributed by atoms with van der Waals surface area (Å²) in [6.07, 6.45) is 7.13. The number of aromatic nitrogens is 2. The first kappa shape index (κ1) is 16.0. The molecule has 0 spiro atoms. The lowest BCUT2D eigenvalue weighted by atomic mass is 9.97. The van der Waals surface area contributed by atoms with E-state index in [1.54, 1.807) is 6.33 Å². The maximum absolute atomic E-state index is 4.65. The summed E-state index contributed by atoms with van der Waals surface area (Å²) in [6.45, 7) is 4.29. The summed E-state index contributed by atoms with van der Waals surface area (Å²) < 4.78 is 2.55. The number of nitrogens with zero attached hydrogens (tertiary/aromatic N) is 2. The first-order valence-corrected chi connectivity index (χ1v) is 10.3. The number of hydrogen-bond acceptors (Lipinski definition) is 3. The largest absolute Gasteiger partial charge is 0.235 e. The SMILES string of the molecule is Cc1cc(C)cc(-c2ncnc3c2sc2cc(C4CCCC4)ccc23)c1. The number of rotatable bonds is 2. The van der Waals surface area contributed by atoms with E-state index in [4.69, 9.17) is 0 Å². The van der Waals surface area contributed by atoms with E-state index in [2.05, 4.69) is 60.2 Å². The molecular weight excluding hydrogens is 336 g/mol. The Morgan fingerprint density at radius 1 is 0.923 bits per heavy atom. The quantitative estimate of drug-likeness (QED) is 0.394. The molecule has 0 bridgehead atoms. The third-order valence-electron chi connectivity index (χ3n) is 5.60. The van der Waals surface area contributed by atoms with Gasteiger partial charge in [-0.1, -0.05) is 42.2 Å². The smallest absolute Gasteiger partial charge is 0.116 e. The zero-order valence-corrected chi connectivity index (χ0v) is 16.1. The van der Waals surface area contributed by atoms with Crippen LogP contribution in [-0.4, -0.2) is 9.97 Å². The van der Waals surface area contributed by atoms with E-state index in [1.807, 2.05) is 11.3 Å². The van der Waals surface area contributed by atoms with Crippen LogP contribution >= 0.6 is 11.3 Å². The number of aryl methyl sites for hydroxylation is 2. The third-order valence-corrected chi connectivity index (χ3v) is 6.75. The molecule has 2 heterocycles. The van der Waals surface area contributed by atoms with Crippen LogP contribution in [0.1, 0.15) is 48.3 Å². The normalized spacial score (nSPS) is 15.3. The van der Waals surface area contributed by atoms with Gasteiger partial charge in [-0.15, -0.1) is 11.3 Å². The Labute approximate surface area is 157 Å². The van der Waals surface area contributed by atoms with Crippen molar-refractivity contribution in [3.63, 3.8) is 0 Å². The van der Waals surface area contributed by atoms with Crippen molar-refractivity contribution in [2.75, 3.05) is 0 Å². The standard InChI is InChI=1S/C23H22N2S/c1-14-9-15(2)11-18(10-14)21-23-22(25-13-24-21)19-8-7-17(12-20(19)26-23)16-5-3-4-6-16/h7-13,16H,3-6H2,1-2H3. The fourth-order valence-electron chi connectivity index (χ4n) is 4.42. The van der Waals surface area contributed by atoms with Crippen LogP contribution in [0.15, 0.2) is 42.7 Å². The fourth-order valence-corrected chi connectivity index (χ4v) is 5.64. The topological polar surface area (TPSA) is 25.8 Å². The number of thiophene rings is 1. The van der Waals surface area contributed by atoms with Crippen LogP contribution in [0.25, 0.3) is 31.6 Å². The minimum atomic E-state index is 0.745. The van der Waals surface area contributed by atoms with Gasteiger partial charge in [0, 0.05) is 15.6 Å². The van der Waals surface area contributed by atoms with Crippen molar-refractivity contribution >= 4 is 31.6 Å². The van der Waals surface area contributed by atoms with Gasteiger partial charge in [0.05, 0.1) is 15.9 Å². The molecule has 26 heavy (non-hydrogen) atoms. The van der Waals surface area contributed by atoms with Gasteiger partial charge < -0.3 is 0 Å². The van der Waals surface area contributed by atoms with Gasteiger partial charge in [-0.05, 0) is 56.4 Å². The van der Waals surface area contributed by atoms with Crippen LogP contribution in [-0.2, 0) is 0 Å². The molecule has 2 nitrogen and oxygen atoms in total. The van der Waals surface area contributed by atoms with Crippen LogP contribution in [0.4, 0.5) is 0 Å². The van der Waals surface area contributed by atoms with Crippen molar-refractivity contribution in [1.29, 1.82) is 0 Å². The Bertz CT molecular complexity index is 1100. The second kappa shape index (κ2) is 6.17. The maximum Gasteiger partial charge on any atom is 0.116 e. The summed E-state index contributed by atoms with van der Waals surface area (Å²) in [5, 5.41) is 1.26. The maximum atomic E-state index is 4.65. The molecule has 2 aromatic carbocycles. The molecule has 1 saturated carbocycles. The summed E-state index contributed by atoms with van der Waals surface area (Å²) in [4.78, 5) is 9.28. The van der Waals surface area contributed by atoms with E-state index >= 15 is 0 Å². The lowest BCUT2D eigenvalue weighted by molar-refractivity contribution is 0.724. The van der Waals surface area contributed by atoms with Gasteiger partial charge in [0.2, 0.25) is 0 Å². The van der Waals surface area contributed by atoms with Gasteiger partial charge in [-0.25, -0.2) is 9.97 Å². The van der Waals surface area contributed by atoms with Crippen molar-refractivity contribution in [1.82, 2.24) is 9.97 Å². The van der Waals surface area contributed by atoms with Gasteiger partial charge in [0.1, 0.15) is 6.33 Å². The highest BCUT2D eigenvalue weighted by Gasteiger charge is 2.19. The Hall–Kier alpha value is -2.26. The second-order valence-corrected chi connectivity index (χ2v) is 8.67. The fraction of sp³-hybridized carbons (Fsp3) is 0.304. The first-order valence-electron chi connectivity index (χ1n) is 9.45. The van der Waals surface area contributed by atoms with E-state index in [0.29, 0.717) is 0 Å². The molecule has 1 fully saturated rings. The van der Waals surface area contributed by atoms with Crippen LogP contribution in [0, 0.1) is 13.8 Å². The molecule has 0 amide bonds. The van der Waals surface area contributed by atoms with E-state index in [1.165, 1.54) is 62.7 Å². The van der Waals surface area contributed by atoms with Crippen LogP contribution in [0.2, 0.25) is 0 Å². The van der Waals surface area contributed by atoms with Gasteiger partial charge in [-0.2, -0.15) is 0 Å². The van der Waals surface area contributed by atoms with Crippen molar-refractivity contribution < 1.29 is 0 Å². The summed E-state index contributed by atoms with van der Waals surface area (Å²) in [5.41, 5.74) is 7.39. The molecule has 5 rings (SSSR count). The molecule has 1 aliphatic rings. The zero-order valence-electron chi connectivity index (χ0n) is 15.2. The number of hydrogen-bond donors (Lipinski definition) is 0. The zero-order chi connectivity index (χ0) is 17.7. The molecule has 0 saturated heterocycles. The Kier molecular flexibility index (Phi) is 3.79. The lowest BCUT2D eigenvalue weighted by Gasteiger charge is -2.08. The molecule has 1 aliphatic carbocycles. The minimum Gasteiger partial charge on any atom is -0.235 e. The molecule has 4 aromatic rings. The van der Waals surface area contributed by atoms with E-state index in [9.17, 15) is 0 Å². The highest BCUT2D eigenvalue weighted by atomic mass is 32.1. The van der Waals surface area contributed by atoms with E-state index < -0.39 is 0 Å². The molecule has 130 valence electrons. The molecule has 0 unspecified atom stereocenters. The highest BCUT2D eigenvalue weighted by Crippen LogP contribution is 2.41. The predicted molar refractivity (Wildman–Crippen MR) is 111 cm³/mol. The van der Waals surface area contributed by atoms with Crippen LogP contribution < -0.4 is 0 Å². The lowest BCUT2D eigenvalue weighted by Crippen LogP contribution is -1.90. The summed E-state index contributed by atoms with van der Waals surface area (Å²) in [7, 11) is 0. The first-order chi connectivity index (χ1) is 12.7. The molecule has 0 aliphatic heterocycles. The van der Waals surface area contributed by atoms with Gasteiger partial charge in [0.25, 0.3) is 0 Å². The Morgan fingerprint density at radius 2 is 1.69 bits per heavy atom. The average Bonchev–Trinajstić information content (AvgIpc) is 3.27. The van der Waals surface area contributed by atoms with Crippen molar-refractivity contribution in [3.05, 3.63) is 59.4 Å². The van der Waals surface area contributed by atoms with Crippen LogP contribution in [0.3, 0.4) is 0 Å². The van der Waals surface area contributed by atoms with E-state index in [-0.39, 0.29) is 0 Å². The number of fused-ring (bicyclic) bond motifs is 3. The van der Waals surface area contributed by atoms with E-state index in [0.717, 1.165) is 17.1 Å². The summed E-state index contributed by atoms with van der Waals surface area (Å²) in [6, 6.07) is 13.7. The second-order valence-electron chi connectivity index (χ2n) is 7.62. The molecule has 2 aromatic heterocycles. The number of benzene rings is 2. The molecular formula is C23H22N2S. The monoisotopic (exact) mass is 358 g/mol. The molecule has 0 atom stereocenters. The Balaban J connectivity index is 1.71. The minimum absolute atomic E-state index is 0.745. The highest BCUT2D eigenvalue weighted by molar-refractivity contribution is 7.26. The van der Waals surface area contributed by atoms with Crippen LogP contribution in [0.5, 0.6) is 0 Å². The van der Waals surface area contributed by atoms with Crippen molar-refractivity contribution in [2.45, 2.75) is 45.4 Å². The predicted octanol–water partition coefficient (Wildman–Crippen LogP) is 6.79. The molecule has 3 heteroatoms. The van der Waals surface area contributed by atoms with Crippen molar-refractivity contribution in [3.8, 4) is 11.3 Å². The molecule has 0 N–H and O–H groups in total. The van der Waals surface area contributed by atoms with Crippen molar-refractivity contribution in [2.24, 2.45) is 0 Å². The summed E-state index contributed by atoms with van der Waals surface area (Å²) in [5.74, 6) is 0.745. The average molecular weight is 359 g/mol. The van der Waals surface area contributed by atoms with Gasteiger partial charge in [-0.3, -0.25) is 0 Å². The summed E-state index contributed by atoms with van der Waals surface area (Å²) >= 11 is 1.84. The molecule has 0 radical (unpaired) electrons. The van der Waals surface area contributed by atoms with Gasteiger partial charge >= 0.3 is 0 Å². The van der Waals surface area contributed by atoms with Gasteiger partial charge in [0.15, 0.2) is 0 Å². The Morgan fingerprint density at radius 3 is 2.46 bits per heavy atom.